The van der Waals surface area contributed by atoms with E-state index in [9.17, 15) is 0 Å². The van der Waals surface area contributed by atoms with Gasteiger partial charge in [-0.15, -0.1) is 0 Å². The Balaban J connectivity index is 2.45. The van der Waals surface area contributed by atoms with Crippen LogP contribution in [0.2, 0.25) is 0 Å². The molecule has 0 fully saturated rings. The molecule has 1 radical (unpaired) electrons. The van der Waals surface area contributed by atoms with Crippen LogP contribution in [0.4, 0.5) is 0 Å². The minimum Gasteiger partial charge on any atom is -0.246 e. The maximum atomic E-state index is 4.13. The van der Waals surface area contributed by atoms with Crippen molar-refractivity contribution in [2.75, 3.05) is 0 Å². The SMILES string of the molecule is Cn1[c]nc(-c2ccccc2)n1. The molecule has 0 saturated carbocycles. The lowest BCUT2D eigenvalue weighted by Gasteiger charge is -1.91. The Morgan fingerprint density at radius 2 is 2.00 bits per heavy atom. The Kier molecular flexibility index (Phi) is 1.63. The van der Waals surface area contributed by atoms with E-state index in [0.29, 0.717) is 0 Å². The summed E-state index contributed by atoms with van der Waals surface area (Å²) >= 11 is 0. The van der Waals surface area contributed by atoms with Gasteiger partial charge < -0.3 is 0 Å². The lowest BCUT2D eigenvalue weighted by atomic mass is 10.2. The number of hydrogen-bond acceptors (Lipinski definition) is 2. The highest BCUT2D eigenvalue weighted by Gasteiger charge is 2.00. The average Bonchev–Trinajstić information content (AvgIpc) is 2.54. The molecule has 0 atom stereocenters. The summed E-state index contributed by atoms with van der Waals surface area (Å²) in [5.74, 6) is 0.720. The van der Waals surface area contributed by atoms with E-state index in [1.165, 1.54) is 0 Å². The van der Waals surface area contributed by atoms with Crippen LogP contribution in [0.3, 0.4) is 0 Å². The molecule has 0 bridgehead atoms. The largest absolute Gasteiger partial charge is 0.246 e. The molecule has 0 amide bonds. The van der Waals surface area contributed by atoms with Gasteiger partial charge in [-0.2, -0.15) is 5.10 Å². The van der Waals surface area contributed by atoms with Crippen molar-refractivity contribution < 1.29 is 0 Å². The number of rotatable bonds is 1. The first kappa shape index (κ1) is 7.03. The zero-order valence-electron chi connectivity index (χ0n) is 6.73. The Hall–Kier alpha value is -1.64. The summed E-state index contributed by atoms with van der Waals surface area (Å²) in [6.45, 7) is 0. The van der Waals surface area contributed by atoms with Crippen molar-refractivity contribution in [3.63, 3.8) is 0 Å². The van der Waals surface area contributed by atoms with Crippen molar-refractivity contribution in [1.82, 2.24) is 14.8 Å². The summed E-state index contributed by atoms with van der Waals surface area (Å²) in [6, 6.07) is 9.85. The first-order valence-corrected chi connectivity index (χ1v) is 3.70. The molecule has 0 aliphatic heterocycles. The molecule has 59 valence electrons. The van der Waals surface area contributed by atoms with Crippen LogP contribution in [0.15, 0.2) is 30.3 Å². The van der Waals surface area contributed by atoms with E-state index in [1.54, 1.807) is 11.7 Å². The molecular formula is C9H8N3. The fourth-order valence-corrected chi connectivity index (χ4v) is 1.02. The van der Waals surface area contributed by atoms with E-state index in [4.69, 9.17) is 0 Å². The van der Waals surface area contributed by atoms with Gasteiger partial charge in [0.25, 0.3) is 0 Å². The van der Waals surface area contributed by atoms with Crippen molar-refractivity contribution in [2.24, 2.45) is 7.05 Å². The standard InChI is InChI=1S/C9H8N3/c1-12-7-10-9(11-12)8-5-3-2-4-6-8/h2-6H,1H3. The third-order valence-electron chi connectivity index (χ3n) is 1.58. The van der Waals surface area contributed by atoms with Crippen LogP contribution in [0.5, 0.6) is 0 Å². The highest BCUT2D eigenvalue weighted by molar-refractivity contribution is 5.53. The van der Waals surface area contributed by atoms with Gasteiger partial charge in [-0.1, -0.05) is 30.3 Å². The fraction of sp³-hybridized carbons (Fsp3) is 0.111. The minimum atomic E-state index is 0.720. The van der Waals surface area contributed by atoms with Crippen molar-refractivity contribution >= 4 is 0 Å². The van der Waals surface area contributed by atoms with Crippen LogP contribution in [-0.4, -0.2) is 14.8 Å². The molecule has 0 N–H and O–H groups in total. The van der Waals surface area contributed by atoms with Crippen molar-refractivity contribution in [3.8, 4) is 11.4 Å². The first-order chi connectivity index (χ1) is 5.86. The predicted octanol–water partition coefficient (Wildman–Crippen LogP) is 1.28. The second-order valence-electron chi connectivity index (χ2n) is 2.53. The van der Waals surface area contributed by atoms with Crippen LogP contribution < -0.4 is 0 Å². The second-order valence-corrected chi connectivity index (χ2v) is 2.53. The van der Waals surface area contributed by atoms with Crippen molar-refractivity contribution in [2.45, 2.75) is 0 Å². The van der Waals surface area contributed by atoms with Gasteiger partial charge in [0.1, 0.15) is 0 Å². The normalized spacial score (nSPS) is 10.1. The van der Waals surface area contributed by atoms with E-state index >= 15 is 0 Å². The Morgan fingerprint density at radius 1 is 1.25 bits per heavy atom. The zero-order chi connectivity index (χ0) is 8.39. The maximum Gasteiger partial charge on any atom is 0.196 e. The Labute approximate surface area is 70.7 Å². The van der Waals surface area contributed by atoms with Gasteiger partial charge in [0.2, 0.25) is 0 Å². The first-order valence-electron chi connectivity index (χ1n) is 3.70. The van der Waals surface area contributed by atoms with Gasteiger partial charge in [-0.3, -0.25) is 0 Å². The lowest BCUT2D eigenvalue weighted by Crippen LogP contribution is -1.87. The summed E-state index contributed by atoms with van der Waals surface area (Å²) in [7, 11) is 1.80. The third kappa shape index (κ3) is 1.21. The van der Waals surface area contributed by atoms with Gasteiger partial charge in [-0.05, 0) is 0 Å². The highest BCUT2D eigenvalue weighted by atomic mass is 15.3. The van der Waals surface area contributed by atoms with E-state index in [2.05, 4.69) is 16.4 Å². The topological polar surface area (TPSA) is 30.7 Å². The van der Waals surface area contributed by atoms with Gasteiger partial charge in [0.05, 0.1) is 0 Å². The summed E-state index contributed by atoms with van der Waals surface area (Å²) in [5.41, 5.74) is 1.02. The smallest absolute Gasteiger partial charge is 0.196 e. The maximum absolute atomic E-state index is 4.13. The predicted molar refractivity (Wildman–Crippen MR) is 45.3 cm³/mol. The summed E-state index contributed by atoms with van der Waals surface area (Å²) < 4.78 is 1.57. The molecule has 2 rings (SSSR count). The monoisotopic (exact) mass is 158 g/mol. The third-order valence-corrected chi connectivity index (χ3v) is 1.58. The van der Waals surface area contributed by atoms with Crippen molar-refractivity contribution in [3.05, 3.63) is 36.7 Å². The second kappa shape index (κ2) is 2.77. The molecule has 0 aliphatic rings. The minimum absolute atomic E-state index is 0.720. The molecule has 0 aliphatic carbocycles. The summed E-state index contributed by atoms with van der Waals surface area (Å²) in [5, 5.41) is 4.13. The van der Waals surface area contributed by atoms with Gasteiger partial charge in [-0.25, -0.2) is 9.67 Å². The zero-order valence-corrected chi connectivity index (χ0v) is 6.73. The van der Waals surface area contributed by atoms with Crippen LogP contribution in [0, 0.1) is 6.33 Å². The van der Waals surface area contributed by atoms with E-state index in [0.717, 1.165) is 11.4 Å². The lowest BCUT2D eigenvalue weighted by molar-refractivity contribution is 0.761. The van der Waals surface area contributed by atoms with Gasteiger partial charge >= 0.3 is 0 Å². The van der Waals surface area contributed by atoms with Gasteiger partial charge in [0.15, 0.2) is 12.2 Å². The Morgan fingerprint density at radius 3 is 2.58 bits per heavy atom. The molecule has 0 saturated heterocycles. The van der Waals surface area contributed by atoms with Crippen LogP contribution in [0.1, 0.15) is 0 Å². The van der Waals surface area contributed by atoms with E-state index < -0.39 is 0 Å². The molecule has 1 heterocycles. The van der Waals surface area contributed by atoms with Crippen LogP contribution >= 0.6 is 0 Å². The van der Waals surface area contributed by atoms with Gasteiger partial charge in [0, 0.05) is 12.6 Å². The van der Waals surface area contributed by atoms with Crippen LogP contribution in [0.25, 0.3) is 11.4 Å². The van der Waals surface area contributed by atoms with Crippen molar-refractivity contribution in [1.29, 1.82) is 0 Å². The molecular weight excluding hydrogens is 150 g/mol. The number of hydrogen-bond donors (Lipinski definition) is 0. The summed E-state index contributed by atoms with van der Waals surface area (Å²) in [4.78, 5) is 4.01. The molecule has 1 aromatic carbocycles. The number of aromatic nitrogens is 3. The highest BCUT2D eigenvalue weighted by Crippen LogP contribution is 2.11. The van der Waals surface area contributed by atoms with Crippen LogP contribution in [-0.2, 0) is 7.05 Å². The molecule has 12 heavy (non-hydrogen) atoms. The molecule has 3 nitrogen and oxygen atoms in total. The Bertz CT molecular complexity index is 364. The van der Waals surface area contributed by atoms with E-state index in [-0.39, 0.29) is 0 Å². The fourth-order valence-electron chi connectivity index (χ4n) is 1.02. The molecule has 0 unspecified atom stereocenters. The molecule has 0 spiro atoms. The number of nitrogens with zero attached hydrogens (tertiary/aromatic N) is 3. The quantitative estimate of drug-likeness (QED) is 0.626. The number of benzene rings is 1. The molecule has 3 heteroatoms. The average molecular weight is 158 g/mol. The molecule has 1 aromatic heterocycles. The summed E-state index contributed by atoms with van der Waals surface area (Å²) in [6.07, 6.45) is 2.72. The van der Waals surface area contributed by atoms with E-state index in [1.807, 2.05) is 30.3 Å². The number of aryl methyl sites for hydroxylation is 1. The molecule has 2 aromatic rings.